The Morgan fingerprint density at radius 3 is 2.68 bits per heavy atom. The molecule has 3 aromatic rings. The van der Waals surface area contributed by atoms with Crippen molar-refractivity contribution in [2.75, 3.05) is 0 Å². The molecule has 0 fully saturated rings. The lowest BCUT2D eigenvalue weighted by Crippen LogP contribution is -2.02. The molecule has 1 atom stereocenters. The number of rotatable bonds is 9. The summed E-state index contributed by atoms with van der Waals surface area (Å²) in [5, 5.41) is 0.866. The Labute approximate surface area is 166 Å². The summed E-state index contributed by atoms with van der Waals surface area (Å²) in [6.07, 6.45) is 9.14. The van der Waals surface area contributed by atoms with Crippen LogP contribution in [0.5, 0.6) is 0 Å². The van der Waals surface area contributed by atoms with E-state index in [2.05, 4.69) is 18.8 Å². The second-order valence-corrected chi connectivity index (χ2v) is 7.48. The molecule has 0 amide bonds. The summed E-state index contributed by atoms with van der Waals surface area (Å²) in [4.78, 5) is 15.6. The zero-order valence-corrected chi connectivity index (χ0v) is 16.7. The number of carbonyl (C=O) groups excluding carboxylic acids is 1. The Kier molecular flexibility index (Phi) is 6.91. The highest BCUT2D eigenvalue weighted by molar-refractivity contribution is 6.03. The van der Waals surface area contributed by atoms with Crippen LogP contribution in [0.2, 0.25) is 0 Å². The van der Waals surface area contributed by atoms with Crippen molar-refractivity contribution < 1.29 is 9.18 Å². The molecule has 3 rings (SSSR count). The van der Waals surface area contributed by atoms with E-state index in [1.807, 2.05) is 30.3 Å². The highest BCUT2D eigenvalue weighted by Gasteiger charge is 2.12. The van der Waals surface area contributed by atoms with Crippen LogP contribution in [0.15, 0.2) is 48.7 Å². The normalized spacial score (nSPS) is 12.2. The molecule has 1 heterocycles. The van der Waals surface area contributed by atoms with Crippen molar-refractivity contribution in [1.82, 2.24) is 4.98 Å². The van der Waals surface area contributed by atoms with Gasteiger partial charge < -0.3 is 0 Å². The number of hydrogen-bond donors (Lipinski definition) is 0. The van der Waals surface area contributed by atoms with E-state index in [1.54, 1.807) is 18.3 Å². The van der Waals surface area contributed by atoms with E-state index < -0.39 is 0 Å². The maximum atomic E-state index is 14.8. The lowest BCUT2D eigenvalue weighted by atomic mass is 9.91. The van der Waals surface area contributed by atoms with Crippen LogP contribution in [0.1, 0.15) is 61.9 Å². The lowest BCUT2D eigenvalue weighted by molar-refractivity contribution is 0.112. The number of pyridine rings is 1. The first kappa shape index (κ1) is 20.2. The van der Waals surface area contributed by atoms with Gasteiger partial charge in [-0.05, 0) is 53.6 Å². The molecule has 0 spiro atoms. The van der Waals surface area contributed by atoms with Gasteiger partial charge in [0.15, 0.2) is 6.29 Å². The summed E-state index contributed by atoms with van der Waals surface area (Å²) in [6, 6.07) is 12.9. The molecule has 0 aliphatic carbocycles. The highest BCUT2D eigenvalue weighted by Crippen LogP contribution is 2.31. The summed E-state index contributed by atoms with van der Waals surface area (Å²) in [6.45, 7) is 4.44. The van der Waals surface area contributed by atoms with E-state index in [1.165, 1.54) is 19.3 Å². The van der Waals surface area contributed by atoms with Gasteiger partial charge in [0.2, 0.25) is 0 Å². The fraction of sp³-hybridized carbons (Fsp3) is 0.360. The molecule has 0 saturated carbocycles. The van der Waals surface area contributed by atoms with Gasteiger partial charge in [-0.2, -0.15) is 0 Å². The van der Waals surface area contributed by atoms with Crippen molar-refractivity contribution in [3.8, 4) is 11.1 Å². The van der Waals surface area contributed by atoms with E-state index in [4.69, 9.17) is 0 Å². The van der Waals surface area contributed by atoms with Gasteiger partial charge in [-0.25, -0.2) is 4.39 Å². The summed E-state index contributed by atoms with van der Waals surface area (Å²) >= 11 is 0. The minimum absolute atomic E-state index is 0.153. The summed E-state index contributed by atoms with van der Waals surface area (Å²) in [7, 11) is 0. The predicted molar refractivity (Wildman–Crippen MR) is 114 cm³/mol. The maximum absolute atomic E-state index is 14.8. The second-order valence-electron chi connectivity index (χ2n) is 7.48. The third-order valence-electron chi connectivity index (χ3n) is 5.66. The molecule has 28 heavy (non-hydrogen) atoms. The third kappa shape index (κ3) is 4.46. The fourth-order valence-corrected chi connectivity index (χ4v) is 3.86. The number of aromatic nitrogens is 1. The van der Waals surface area contributed by atoms with Gasteiger partial charge >= 0.3 is 0 Å². The average molecular weight is 378 g/mol. The van der Waals surface area contributed by atoms with Crippen LogP contribution in [0.4, 0.5) is 4.39 Å². The van der Waals surface area contributed by atoms with Crippen molar-refractivity contribution >= 4 is 17.2 Å². The van der Waals surface area contributed by atoms with Crippen LogP contribution in [0.3, 0.4) is 0 Å². The molecule has 3 heteroatoms. The molecule has 0 saturated heterocycles. The van der Waals surface area contributed by atoms with Gasteiger partial charge in [-0.15, -0.1) is 0 Å². The Bertz CT molecular complexity index is 950. The van der Waals surface area contributed by atoms with Crippen LogP contribution in [0.25, 0.3) is 22.0 Å². The zero-order chi connectivity index (χ0) is 19.9. The zero-order valence-electron chi connectivity index (χ0n) is 16.7. The molecule has 0 radical (unpaired) electrons. The second kappa shape index (κ2) is 9.59. The Balaban J connectivity index is 1.85. The molecule has 1 unspecified atom stereocenters. The first-order valence-electron chi connectivity index (χ1n) is 10.3. The van der Waals surface area contributed by atoms with Crippen molar-refractivity contribution in [1.29, 1.82) is 0 Å². The van der Waals surface area contributed by atoms with Gasteiger partial charge in [0, 0.05) is 17.1 Å². The largest absolute Gasteiger partial charge is 0.298 e. The summed E-state index contributed by atoms with van der Waals surface area (Å²) in [5.74, 6) is 0.518. The number of hydrogen-bond acceptors (Lipinski definition) is 2. The molecule has 0 N–H and O–H groups in total. The number of aryl methyl sites for hydroxylation is 1. The van der Waals surface area contributed by atoms with Crippen LogP contribution in [-0.4, -0.2) is 11.3 Å². The quantitative estimate of drug-likeness (QED) is 0.376. The molecule has 2 aromatic carbocycles. The van der Waals surface area contributed by atoms with E-state index >= 15 is 0 Å². The first-order valence-corrected chi connectivity index (χ1v) is 10.3. The molecule has 2 nitrogen and oxygen atoms in total. The maximum Gasteiger partial charge on any atom is 0.152 e. The van der Waals surface area contributed by atoms with Gasteiger partial charge in [0.25, 0.3) is 0 Å². The average Bonchev–Trinajstić information content (AvgIpc) is 2.74. The number of nitrogens with zero attached hydrogens (tertiary/aromatic N) is 1. The van der Waals surface area contributed by atoms with Crippen LogP contribution in [-0.2, 0) is 6.42 Å². The smallest absolute Gasteiger partial charge is 0.152 e. The van der Waals surface area contributed by atoms with Crippen LogP contribution in [0, 0.1) is 11.7 Å². The lowest BCUT2D eigenvalue weighted by Gasteiger charge is -2.15. The van der Waals surface area contributed by atoms with Crippen molar-refractivity contribution in [2.45, 2.75) is 52.4 Å². The van der Waals surface area contributed by atoms with Gasteiger partial charge in [0.05, 0.1) is 5.52 Å². The number of halogens is 1. The number of benzene rings is 2. The van der Waals surface area contributed by atoms with Crippen LogP contribution < -0.4 is 0 Å². The minimum Gasteiger partial charge on any atom is -0.298 e. The molecule has 146 valence electrons. The molecule has 0 aliphatic heterocycles. The standard InChI is InChI=1S/C25H28FNO/c1-3-5-7-18(4-2)9-10-19-11-12-20(16-24(19)26)22-14-13-21(17-28)25-23(22)8-6-15-27-25/h6,8,11-18H,3-5,7,9-10H2,1-2H3. The number of carbonyl (C=O) groups is 1. The number of fused-ring (bicyclic) bond motifs is 1. The Hall–Kier alpha value is -2.55. The van der Waals surface area contributed by atoms with Crippen molar-refractivity contribution in [2.24, 2.45) is 5.92 Å². The minimum atomic E-state index is -0.153. The molecule has 0 bridgehead atoms. The monoisotopic (exact) mass is 377 g/mol. The molecular formula is C25H28FNO. The number of unbranched alkanes of at least 4 members (excludes halogenated alkanes) is 1. The Morgan fingerprint density at radius 2 is 1.96 bits per heavy atom. The fourth-order valence-electron chi connectivity index (χ4n) is 3.86. The van der Waals surface area contributed by atoms with Gasteiger partial charge in [0.1, 0.15) is 5.82 Å². The van der Waals surface area contributed by atoms with Gasteiger partial charge in [-0.1, -0.05) is 63.8 Å². The highest BCUT2D eigenvalue weighted by atomic mass is 19.1. The van der Waals surface area contributed by atoms with E-state index in [0.717, 1.165) is 47.6 Å². The first-order chi connectivity index (χ1) is 13.7. The van der Waals surface area contributed by atoms with Crippen molar-refractivity contribution in [3.05, 3.63) is 65.6 Å². The molecular weight excluding hydrogens is 349 g/mol. The van der Waals surface area contributed by atoms with Crippen LogP contribution >= 0.6 is 0 Å². The molecule has 0 aliphatic rings. The SMILES string of the molecule is CCCCC(CC)CCc1ccc(-c2ccc(C=O)c3ncccc23)cc1F. The summed E-state index contributed by atoms with van der Waals surface area (Å²) < 4.78 is 14.8. The topological polar surface area (TPSA) is 30.0 Å². The van der Waals surface area contributed by atoms with E-state index in [0.29, 0.717) is 17.0 Å². The van der Waals surface area contributed by atoms with Gasteiger partial charge in [-0.3, -0.25) is 9.78 Å². The molecule has 1 aromatic heterocycles. The predicted octanol–water partition coefficient (Wildman–Crippen LogP) is 7.00. The Morgan fingerprint density at radius 1 is 1.11 bits per heavy atom. The summed E-state index contributed by atoms with van der Waals surface area (Å²) in [5.41, 5.74) is 3.70. The number of aldehydes is 1. The van der Waals surface area contributed by atoms with E-state index in [-0.39, 0.29) is 5.82 Å². The third-order valence-corrected chi connectivity index (χ3v) is 5.66. The van der Waals surface area contributed by atoms with E-state index in [9.17, 15) is 9.18 Å². The van der Waals surface area contributed by atoms with Crippen molar-refractivity contribution in [3.63, 3.8) is 0 Å².